The van der Waals surface area contributed by atoms with Gasteiger partial charge >= 0.3 is 12.0 Å². The standard InChI is InChI=1S/C18H28N2O4S/c1-18(2,3)25(24)12-11-19-17(23)20-15(9-10-16(21)22)13-14-7-5-4-6-8-14/h4-8,15H,9-13H2,1-3H3,(H,21,22)(H2,19,20,23). The Balaban J connectivity index is 2.50. The summed E-state index contributed by atoms with van der Waals surface area (Å²) in [4.78, 5) is 22.9. The third-order valence-corrected chi connectivity index (χ3v) is 5.56. The smallest absolute Gasteiger partial charge is 0.315 e. The molecular formula is C18H28N2O4S. The summed E-state index contributed by atoms with van der Waals surface area (Å²) in [6.45, 7) is 5.99. The maximum Gasteiger partial charge on any atom is 0.315 e. The first kappa shape index (κ1) is 21.2. The van der Waals surface area contributed by atoms with E-state index in [9.17, 15) is 13.8 Å². The Morgan fingerprint density at radius 2 is 1.84 bits per heavy atom. The second kappa shape index (κ2) is 10.2. The summed E-state index contributed by atoms with van der Waals surface area (Å²) in [5, 5.41) is 14.4. The fourth-order valence-electron chi connectivity index (χ4n) is 2.22. The predicted molar refractivity (Wildman–Crippen MR) is 100 cm³/mol. The minimum Gasteiger partial charge on any atom is -0.481 e. The molecule has 0 aliphatic carbocycles. The topological polar surface area (TPSA) is 95.5 Å². The first-order chi connectivity index (χ1) is 11.7. The van der Waals surface area contributed by atoms with Gasteiger partial charge in [0.15, 0.2) is 0 Å². The van der Waals surface area contributed by atoms with Crippen molar-refractivity contribution in [3.63, 3.8) is 0 Å². The van der Waals surface area contributed by atoms with Crippen LogP contribution in [0.5, 0.6) is 0 Å². The van der Waals surface area contributed by atoms with E-state index in [0.29, 0.717) is 25.1 Å². The normalized spacial score (nSPS) is 13.7. The van der Waals surface area contributed by atoms with Crippen molar-refractivity contribution in [1.29, 1.82) is 0 Å². The van der Waals surface area contributed by atoms with E-state index < -0.39 is 16.8 Å². The maximum atomic E-state index is 12.1. The molecule has 25 heavy (non-hydrogen) atoms. The number of nitrogens with one attached hydrogen (secondary N) is 2. The minimum atomic E-state index is -1.03. The van der Waals surface area contributed by atoms with Gasteiger partial charge in [0.2, 0.25) is 0 Å². The number of hydrogen-bond donors (Lipinski definition) is 3. The van der Waals surface area contributed by atoms with Crippen molar-refractivity contribution in [1.82, 2.24) is 10.6 Å². The van der Waals surface area contributed by atoms with Crippen molar-refractivity contribution < 1.29 is 18.9 Å². The summed E-state index contributed by atoms with van der Waals surface area (Å²) in [5.41, 5.74) is 1.03. The molecule has 3 N–H and O–H groups in total. The van der Waals surface area contributed by atoms with E-state index in [1.54, 1.807) is 0 Å². The van der Waals surface area contributed by atoms with Crippen molar-refractivity contribution in [2.75, 3.05) is 12.3 Å². The molecular weight excluding hydrogens is 340 g/mol. The monoisotopic (exact) mass is 368 g/mol. The molecule has 1 aromatic rings. The number of carbonyl (C=O) groups excluding carboxylic acids is 1. The van der Waals surface area contributed by atoms with Crippen LogP contribution >= 0.6 is 0 Å². The van der Waals surface area contributed by atoms with Crippen LogP contribution in [0.3, 0.4) is 0 Å². The van der Waals surface area contributed by atoms with Crippen LogP contribution in [0.2, 0.25) is 0 Å². The van der Waals surface area contributed by atoms with Gasteiger partial charge in [0.1, 0.15) is 0 Å². The molecule has 1 aromatic carbocycles. The van der Waals surface area contributed by atoms with Crippen LogP contribution in [-0.4, -0.2) is 44.4 Å². The summed E-state index contributed by atoms with van der Waals surface area (Å²) >= 11 is 0. The summed E-state index contributed by atoms with van der Waals surface area (Å²) in [5.74, 6) is -0.504. The van der Waals surface area contributed by atoms with Gasteiger partial charge in [-0.25, -0.2) is 4.79 Å². The molecule has 0 spiro atoms. The molecule has 2 amide bonds. The Kier molecular flexibility index (Phi) is 8.61. The predicted octanol–water partition coefficient (Wildman–Crippen LogP) is 2.31. The van der Waals surface area contributed by atoms with Crippen LogP contribution in [-0.2, 0) is 22.0 Å². The lowest BCUT2D eigenvalue weighted by Gasteiger charge is -2.20. The molecule has 6 nitrogen and oxygen atoms in total. The lowest BCUT2D eigenvalue weighted by Crippen LogP contribution is -2.44. The number of aliphatic carboxylic acids is 1. The zero-order chi connectivity index (χ0) is 18.9. The van der Waals surface area contributed by atoms with Crippen molar-refractivity contribution in [3.05, 3.63) is 35.9 Å². The molecule has 0 radical (unpaired) electrons. The molecule has 1 rings (SSSR count). The quantitative estimate of drug-likeness (QED) is 0.623. The lowest BCUT2D eigenvalue weighted by atomic mass is 10.0. The van der Waals surface area contributed by atoms with E-state index >= 15 is 0 Å². The van der Waals surface area contributed by atoms with Crippen LogP contribution in [0.15, 0.2) is 30.3 Å². The molecule has 0 aromatic heterocycles. The SMILES string of the molecule is CC(C)(C)S(=O)CCNC(=O)NC(CCC(=O)O)Cc1ccccc1. The van der Waals surface area contributed by atoms with E-state index in [0.717, 1.165) is 5.56 Å². The van der Waals surface area contributed by atoms with Crippen molar-refractivity contribution in [3.8, 4) is 0 Å². The van der Waals surface area contributed by atoms with Gasteiger partial charge in [-0.2, -0.15) is 0 Å². The average molecular weight is 368 g/mol. The first-order valence-corrected chi connectivity index (χ1v) is 9.69. The highest BCUT2D eigenvalue weighted by atomic mass is 32.2. The van der Waals surface area contributed by atoms with Gasteiger partial charge in [-0.05, 0) is 39.2 Å². The number of urea groups is 1. The third-order valence-electron chi connectivity index (χ3n) is 3.62. The minimum absolute atomic E-state index is 0.00811. The van der Waals surface area contributed by atoms with Gasteiger partial charge in [0.25, 0.3) is 0 Å². The first-order valence-electron chi connectivity index (χ1n) is 8.37. The summed E-state index contributed by atoms with van der Waals surface area (Å²) in [6.07, 6.45) is 0.910. The molecule has 7 heteroatoms. The Labute approximate surface area is 151 Å². The number of carboxylic acids is 1. The summed E-state index contributed by atoms with van der Waals surface area (Å²) in [6, 6.07) is 8.98. The van der Waals surface area contributed by atoms with Crippen molar-refractivity contribution in [2.45, 2.75) is 50.8 Å². The fourth-order valence-corrected chi connectivity index (χ4v) is 3.12. The fraction of sp³-hybridized carbons (Fsp3) is 0.556. The third kappa shape index (κ3) is 9.24. The highest BCUT2D eigenvalue weighted by Gasteiger charge is 2.19. The number of hydrogen-bond acceptors (Lipinski definition) is 3. The molecule has 0 heterocycles. The zero-order valence-corrected chi connectivity index (χ0v) is 15.9. The van der Waals surface area contributed by atoms with Crippen LogP contribution in [0.4, 0.5) is 4.79 Å². The van der Waals surface area contributed by atoms with Crippen LogP contribution in [0.25, 0.3) is 0 Å². The van der Waals surface area contributed by atoms with E-state index in [1.807, 2.05) is 51.1 Å². The van der Waals surface area contributed by atoms with Gasteiger partial charge in [0.05, 0.1) is 0 Å². The molecule has 0 saturated heterocycles. The highest BCUT2D eigenvalue weighted by molar-refractivity contribution is 7.86. The van der Waals surface area contributed by atoms with Crippen molar-refractivity contribution in [2.24, 2.45) is 0 Å². The molecule has 2 atom stereocenters. The van der Waals surface area contributed by atoms with E-state index in [2.05, 4.69) is 10.6 Å². The molecule has 140 valence electrons. The lowest BCUT2D eigenvalue weighted by molar-refractivity contribution is -0.137. The summed E-state index contributed by atoms with van der Waals surface area (Å²) in [7, 11) is -1.03. The number of amides is 2. The van der Waals surface area contributed by atoms with Gasteiger partial charge in [-0.15, -0.1) is 0 Å². The van der Waals surface area contributed by atoms with E-state index in [-0.39, 0.29) is 23.2 Å². The molecule has 0 aliphatic rings. The Morgan fingerprint density at radius 3 is 2.40 bits per heavy atom. The van der Waals surface area contributed by atoms with Gasteiger partial charge in [-0.3, -0.25) is 9.00 Å². The molecule has 0 fully saturated rings. The summed E-state index contributed by atoms with van der Waals surface area (Å²) < 4.78 is 11.7. The van der Waals surface area contributed by atoms with Crippen molar-refractivity contribution >= 4 is 22.8 Å². The molecule has 0 bridgehead atoms. The second-order valence-corrected chi connectivity index (χ2v) is 9.21. The number of carbonyl (C=O) groups is 2. The number of rotatable bonds is 9. The Hall–Kier alpha value is -1.89. The number of carboxylic acid groups (broad SMARTS) is 1. The van der Waals surface area contributed by atoms with E-state index in [4.69, 9.17) is 5.11 Å². The maximum absolute atomic E-state index is 12.1. The molecule has 0 saturated carbocycles. The zero-order valence-electron chi connectivity index (χ0n) is 15.1. The number of benzene rings is 1. The molecule has 2 unspecified atom stereocenters. The molecule has 0 aliphatic heterocycles. The van der Waals surface area contributed by atoms with Crippen LogP contribution < -0.4 is 10.6 Å². The van der Waals surface area contributed by atoms with Crippen LogP contribution in [0.1, 0.15) is 39.2 Å². The Bertz CT molecular complexity index is 584. The highest BCUT2D eigenvalue weighted by Crippen LogP contribution is 2.10. The average Bonchev–Trinajstić information content (AvgIpc) is 2.52. The Morgan fingerprint density at radius 1 is 1.20 bits per heavy atom. The second-order valence-electron chi connectivity index (χ2n) is 6.88. The van der Waals surface area contributed by atoms with Gasteiger partial charge < -0.3 is 15.7 Å². The largest absolute Gasteiger partial charge is 0.481 e. The van der Waals surface area contributed by atoms with Gasteiger partial charge in [-0.1, -0.05) is 30.3 Å². The van der Waals surface area contributed by atoms with E-state index in [1.165, 1.54) is 0 Å². The van der Waals surface area contributed by atoms with Gasteiger partial charge in [0, 0.05) is 40.3 Å². The van der Waals surface area contributed by atoms with Crippen LogP contribution in [0, 0.1) is 0 Å².